The first kappa shape index (κ1) is 24.8. The number of rotatable bonds is 9. The Hall–Kier alpha value is -2.88. The number of halogens is 1. The molecule has 0 aliphatic heterocycles. The van der Waals surface area contributed by atoms with Crippen molar-refractivity contribution in [3.63, 3.8) is 0 Å². The lowest BCUT2D eigenvalue weighted by Gasteiger charge is -2.14. The molecule has 33 heavy (non-hydrogen) atoms. The molecule has 0 saturated carbocycles. The topological polar surface area (TPSA) is 102 Å². The number of hydrogen-bond donors (Lipinski definition) is 2. The summed E-state index contributed by atoms with van der Waals surface area (Å²) >= 11 is 7.14. The van der Waals surface area contributed by atoms with Crippen molar-refractivity contribution in [1.82, 2.24) is 14.9 Å². The number of fused-ring (bicyclic) bond motifs is 1. The zero-order valence-electron chi connectivity index (χ0n) is 18.3. The van der Waals surface area contributed by atoms with E-state index in [4.69, 9.17) is 16.3 Å². The van der Waals surface area contributed by atoms with E-state index in [1.165, 1.54) is 4.57 Å². The lowest BCUT2D eigenvalue weighted by Crippen LogP contribution is -2.35. The van der Waals surface area contributed by atoms with Crippen molar-refractivity contribution >= 4 is 51.9 Å². The second kappa shape index (κ2) is 11.8. The quantitative estimate of drug-likeness (QED) is 0.264. The van der Waals surface area contributed by atoms with Gasteiger partial charge in [0.15, 0.2) is 5.16 Å². The standard InChI is InChI=1S/C23H25ClN4O4S/c1-15(2)32-12-6-11-28-21(30)18-10-9-16(24)13-19(18)26-23(28)33-14-20(29)27-22(31)25-17-7-4-3-5-8-17/h3-5,7-10,13,15H,6,11-12,14H2,1-2H3,(H2,25,27,29,31). The van der Waals surface area contributed by atoms with Crippen molar-refractivity contribution in [3.05, 3.63) is 63.9 Å². The summed E-state index contributed by atoms with van der Waals surface area (Å²) in [6, 6.07) is 13.1. The molecule has 0 aliphatic carbocycles. The summed E-state index contributed by atoms with van der Waals surface area (Å²) in [5.74, 6) is -0.605. The summed E-state index contributed by atoms with van der Waals surface area (Å²) in [6.07, 6.45) is 0.705. The van der Waals surface area contributed by atoms with E-state index in [2.05, 4.69) is 15.6 Å². The molecule has 2 aromatic carbocycles. The third-order valence-electron chi connectivity index (χ3n) is 4.48. The fraction of sp³-hybridized carbons (Fsp3) is 0.304. The number of benzene rings is 2. The molecule has 1 heterocycles. The molecule has 0 saturated heterocycles. The lowest BCUT2D eigenvalue weighted by atomic mass is 10.2. The van der Waals surface area contributed by atoms with E-state index in [9.17, 15) is 14.4 Å². The highest BCUT2D eigenvalue weighted by atomic mass is 35.5. The number of anilines is 1. The summed E-state index contributed by atoms with van der Waals surface area (Å²) in [6.45, 7) is 4.77. The number of para-hydroxylation sites is 1. The van der Waals surface area contributed by atoms with Crippen LogP contribution in [0.25, 0.3) is 10.9 Å². The highest BCUT2D eigenvalue weighted by molar-refractivity contribution is 7.99. The van der Waals surface area contributed by atoms with Crippen molar-refractivity contribution in [2.45, 2.75) is 38.1 Å². The van der Waals surface area contributed by atoms with E-state index < -0.39 is 11.9 Å². The Kier molecular flexibility index (Phi) is 8.87. The van der Waals surface area contributed by atoms with Crippen LogP contribution < -0.4 is 16.2 Å². The molecule has 2 N–H and O–H groups in total. The molecule has 174 valence electrons. The van der Waals surface area contributed by atoms with Gasteiger partial charge < -0.3 is 10.1 Å². The van der Waals surface area contributed by atoms with Gasteiger partial charge in [-0.3, -0.25) is 19.5 Å². The fourth-order valence-corrected chi connectivity index (χ4v) is 3.99. The summed E-state index contributed by atoms with van der Waals surface area (Å²) in [7, 11) is 0. The van der Waals surface area contributed by atoms with Gasteiger partial charge in [-0.25, -0.2) is 9.78 Å². The number of carbonyl (C=O) groups is 2. The second-order valence-corrected chi connectivity index (χ2v) is 8.82. The summed E-state index contributed by atoms with van der Waals surface area (Å²) in [5, 5.41) is 6.14. The van der Waals surface area contributed by atoms with Gasteiger partial charge in [0.1, 0.15) is 0 Å². The summed E-state index contributed by atoms with van der Waals surface area (Å²) in [4.78, 5) is 42.0. The van der Waals surface area contributed by atoms with E-state index in [0.29, 0.717) is 46.3 Å². The Morgan fingerprint density at radius 3 is 2.67 bits per heavy atom. The minimum Gasteiger partial charge on any atom is -0.379 e. The molecule has 0 unspecified atom stereocenters. The number of imide groups is 1. The molecule has 0 radical (unpaired) electrons. The van der Waals surface area contributed by atoms with Gasteiger partial charge in [0.2, 0.25) is 5.91 Å². The van der Waals surface area contributed by atoms with E-state index in [0.717, 1.165) is 11.8 Å². The molecule has 3 amide bonds. The normalized spacial score (nSPS) is 11.0. The zero-order valence-corrected chi connectivity index (χ0v) is 19.9. The molecule has 0 spiro atoms. The van der Waals surface area contributed by atoms with Crippen LogP contribution in [-0.2, 0) is 16.1 Å². The molecular formula is C23H25ClN4O4S. The molecule has 8 nitrogen and oxygen atoms in total. The number of thioether (sulfide) groups is 1. The SMILES string of the molecule is CC(C)OCCCn1c(SCC(=O)NC(=O)Nc2ccccc2)nc2cc(Cl)ccc2c1=O. The average Bonchev–Trinajstić information content (AvgIpc) is 2.76. The van der Waals surface area contributed by atoms with Crippen molar-refractivity contribution in [1.29, 1.82) is 0 Å². The van der Waals surface area contributed by atoms with E-state index in [1.807, 2.05) is 19.9 Å². The van der Waals surface area contributed by atoms with Gasteiger partial charge in [0.25, 0.3) is 5.56 Å². The molecule has 0 fully saturated rings. The van der Waals surface area contributed by atoms with E-state index in [-0.39, 0.29) is 17.4 Å². The average molecular weight is 489 g/mol. The Balaban J connectivity index is 1.71. The maximum Gasteiger partial charge on any atom is 0.325 e. The highest BCUT2D eigenvalue weighted by Gasteiger charge is 2.15. The van der Waals surface area contributed by atoms with Crippen molar-refractivity contribution in [3.8, 4) is 0 Å². The van der Waals surface area contributed by atoms with E-state index >= 15 is 0 Å². The Morgan fingerprint density at radius 2 is 1.94 bits per heavy atom. The summed E-state index contributed by atoms with van der Waals surface area (Å²) in [5.41, 5.74) is 0.804. The Bertz CT molecular complexity index is 1180. The molecule has 0 aliphatic rings. The van der Waals surface area contributed by atoms with Gasteiger partial charge in [0.05, 0.1) is 22.8 Å². The molecular weight excluding hydrogens is 464 g/mol. The minimum atomic E-state index is -0.631. The predicted molar refractivity (Wildman–Crippen MR) is 131 cm³/mol. The van der Waals surface area contributed by atoms with Crippen molar-refractivity contribution < 1.29 is 14.3 Å². The number of ether oxygens (including phenoxy) is 1. The van der Waals surface area contributed by atoms with E-state index in [1.54, 1.807) is 42.5 Å². The van der Waals surface area contributed by atoms with Crippen LogP contribution in [0.2, 0.25) is 5.02 Å². The maximum absolute atomic E-state index is 13.1. The minimum absolute atomic E-state index is 0.0940. The largest absolute Gasteiger partial charge is 0.379 e. The third kappa shape index (κ3) is 7.31. The summed E-state index contributed by atoms with van der Waals surface area (Å²) < 4.78 is 7.10. The monoisotopic (exact) mass is 488 g/mol. The van der Waals surface area contributed by atoms with Crippen LogP contribution in [0.3, 0.4) is 0 Å². The van der Waals surface area contributed by atoms with Crippen molar-refractivity contribution in [2.24, 2.45) is 0 Å². The highest BCUT2D eigenvalue weighted by Crippen LogP contribution is 2.20. The molecule has 10 heteroatoms. The predicted octanol–water partition coefficient (Wildman–Crippen LogP) is 4.31. The number of carbonyl (C=O) groups excluding carboxylic acids is 2. The Labute approximate surface area is 200 Å². The van der Waals surface area contributed by atoms with Crippen LogP contribution in [0, 0.1) is 0 Å². The van der Waals surface area contributed by atoms with Crippen LogP contribution in [0.15, 0.2) is 58.5 Å². The number of hydrogen-bond acceptors (Lipinski definition) is 6. The fourth-order valence-electron chi connectivity index (χ4n) is 3.00. The second-order valence-electron chi connectivity index (χ2n) is 7.44. The van der Waals surface area contributed by atoms with Crippen LogP contribution in [0.5, 0.6) is 0 Å². The smallest absolute Gasteiger partial charge is 0.325 e. The number of nitrogens with zero attached hydrogens (tertiary/aromatic N) is 2. The van der Waals surface area contributed by atoms with Gasteiger partial charge >= 0.3 is 6.03 Å². The van der Waals surface area contributed by atoms with Crippen LogP contribution in [0.1, 0.15) is 20.3 Å². The van der Waals surface area contributed by atoms with Crippen molar-refractivity contribution in [2.75, 3.05) is 17.7 Å². The molecule has 0 bridgehead atoms. The first-order chi connectivity index (χ1) is 15.8. The van der Waals surface area contributed by atoms with Crippen LogP contribution in [-0.4, -0.2) is 40.0 Å². The van der Waals surface area contributed by atoms with Crippen LogP contribution >= 0.6 is 23.4 Å². The lowest BCUT2D eigenvalue weighted by molar-refractivity contribution is -0.117. The first-order valence-electron chi connectivity index (χ1n) is 10.4. The number of urea groups is 1. The molecule has 1 aromatic heterocycles. The number of amides is 3. The molecule has 3 rings (SSSR count). The molecule has 3 aromatic rings. The third-order valence-corrected chi connectivity index (χ3v) is 5.69. The number of aromatic nitrogens is 2. The van der Waals surface area contributed by atoms with Gasteiger partial charge in [-0.05, 0) is 50.6 Å². The Morgan fingerprint density at radius 1 is 1.18 bits per heavy atom. The van der Waals surface area contributed by atoms with Gasteiger partial charge in [-0.1, -0.05) is 41.6 Å². The first-order valence-corrected chi connectivity index (χ1v) is 11.8. The number of nitrogens with one attached hydrogen (secondary N) is 2. The van der Waals surface area contributed by atoms with Gasteiger partial charge in [-0.2, -0.15) is 0 Å². The van der Waals surface area contributed by atoms with Gasteiger partial charge in [0, 0.05) is 23.9 Å². The van der Waals surface area contributed by atoms with Gasteiger partial charge in [-0.15, -0.1) is 0 Å². The maximum atomic E-state index is 13.1. The zero-order chi connectivity index (χ0) is 23.8. The molecule has 0 atom stereocenters. The van der Waals surface area contributed by atoms with Crippen LogP contribution in [0.4, 0.5) is 10.5 Å².